The summed E-state index contributed by atoms with van der Waals surface area (Å²) in [7, 11) is -3.30. The van der Waals surface area contributed by atoms with Gasteiger partial charge in [0, 0.05) is 48.0 Å². The molecule has 1 N–H and O–H groups in total. The van der Waals surface area contributed by atoms with Crippen LogP contribution in [0.2, 0.25) is 0 Å². The molecule has 33 heavy (non-hydrogen) atoms. The molecule has 5 rings (SSSR count). The first-order valence-corrected chi connectivity index (χ1v) is 13.4. The average Bonchev–Trinajstić information content (AvgIpc) is 3.23. The van der Waals surface area contributed by atoms with Crippen LogP contribution in [0.25, 0.3) is 21.3 Å². The zero-order chi connectivity index (χ0) is 22.8. The summed E-state index contributed by atoms with van der Waals surface area (Å²) in [6, 6.07) is 15.9. The Labute approximate surface area is 197 Å². The van der Waals surface area contributed by atoms with Gasteiger partial charge in [-0.2, -0.15) is 0 Å². The summed E-state index contributed by atoms with van der Waals surface area (Å²) in [4.78, 5) is 11.8. The second-order valence-electron chi connectivity index (χ2n) is 8.04. The molecule has 0 amide bonds. The van der Waals surface area contributed by atoms with Gasteiger partial charge in [-0.05, 0) is 35.4 Å². The molecule has 2 aromatic carbocycles. The lowest BCUT2D eigenvalue weighted by atomic mass is 10.1. The standard InChI is InChI=1S/C24H24N4O3S2/c1-33(29,30)27-19-6-4-18(5-7-19)21-16-32-22-15-25-23(26-24(21)22)14-17-2-8-20(9-3-17)28-10-12-31-13-11-28/h2-9,15-16,27H,10-14H2,1H3. The van der Waals surface area contributed by atoms with Gasteiger partial charge in [0.15, 0.2) is 0 Å². The number of hydrogen-bond donors (Lipinski definition) is 1. The number of thiophene rings is 1. The SMILES string of the molecule is CS(=O)(=O)Nc1ccc(-c2csc3cnc(Cc4ccc(N5CCOCC5)cc4)nc23)cc1. The first-order valence-electron chi connectivity index (χ1n) is 10.7. The number of sulfonamides is 1. The van der Waals surface area contributed by atoms with Gasteiger partial charge in [0.1, 0.15) is 5.82 Å². The molecular formula is C24H24N4O3S2. The Morgan fingerprint density at radius 3 is 2.48 bits per heavy atom. The topological polar surface area (TPSA) is 84.4 Å². The van der Waals surface area contributed by atoms with Gasteiger partial charge in [-0.3, -0.25) is 4.72 Å². The van der Waals surface area contributed by atoms with Crippen LogP contribution in [0.4, 0.5) is 11.4 Å². The summed E-state index contributed by atoms with van der Waals surface area (Å²) in [5.74, 6) is 0.775. The third-order valence-electron chi connectivity index (χ3n) is 5.54. The Kier molecular flexibility index (Phi) is 6.01. The van der Waals surface area contributed by atoms with Crippen molar-refractivity contribution in [2.75, 3.05) is 42.2 Å². The van der Waals surface area contributed by atoms with Crippen molar-refractivity contribution in [3.05, 3.63) is 71.5 Å². The van der Waals surface area contributed by atoms with E-state index in [4.69, 9.17) is 9.72 Å². The van der Waals surface area contributed by atoms with Gasteiger partial charge >= 0.3 is 0 Å². The molecule has 170 valence electrons. The van der Waals surface area contributed by atoms with Gasteiger partial charge in [0.2, 0.25) is 10.0 Å². The van der Waals surface area contributed by atoms with Gasteiger partial charge in [0.25, 0.3) is 0 Å². The molecule has 1 aliphatic heterocycles. The van der Waals surface area contributed by atoms with Crippen LogP contribution in [-0.4, -0.2) is 50.9 Å². The van der Waals surface area contributed by atoms with Crippen molar-refractivity contribution in [1.82, 2.24) is 9.97 Å². The van der Waals surface area contributed by atoms with Crippen LogP contribution in [0.15, 0.2) is 60.1 Å². The number of nitrogens with zero attached hydrogens (tertiary/aromatic N) is 3. The lowest BCUT2D eigenvalue weighted by Gasteiger charge is -2.28. The second-order valence-corrected chi connectivity index (χ2v) is 10.7. The maximum Gasteiger partial charge on any atom is 0.229 e. The van der Waals surface area contributed by atoms with E-state index in [0.29, 0.717) is 12.1 Å². The van der Waals surface area contributed by atoms with Crippen LogP contribution < -0.4 is 9.62 Å². The molecule has 9 heteroatoms. The third kappa shape index (κ3) is 5.16. The molecule has 3 heterocycles. The summed E-state index contributed by atoms with van der Waals surface area (Å²) in [6.45, 7) is 3.39. The summed E-state index contributed by atoms with van der Waals surface area (Å²) in [6.07, 6.45) is 3.68. The number of rotatable bonds is 6. The minimum absolute atomic E-state index is 0.539. The summed E-state index contributed by atoms with van der Waals surface area (Å²) in [5, 5.41) is 2.07. The van der Waals surface area contributed by atoms with Crippen LogP contribution >= 0.6 is 11.3 Å². The fourth-order valence-electron chi connectivity index (χ4n) is 3.92. The van der Waals surface area contributed by atoms with Gasteiger partial charge in [-0.25, -0.2) is 18.4 Å². The maximum atomic E-state index is 11.4. The van der Waals surface area contributed by atoms with Crippen molar-refractivity contribution >= 4 is 43.0 Å². The predicted molar refractivity (Wildman–Crippen MR) is 134 cm³/mol. The van der Waals surface area contributed by atoms with E-state index in [-0.39, 0.29) is 0 Å². The zero-order valence-corrected chi connectivity index (χ0v) is 19.8. The van der Waals surface area contributed by atoms with Crippen molar-refractivity contribution in [2.45, 2.75) is 6.42 Å². The lowest BCUT2D eigenvalue weighted by Crippen LogP contribution is -2.36. The first kappa shape index (κ1) is 21.8. The summed E-state index contributed by atoms with van der Waals surface area (Å²) in [5.41, 5.74) is 5.84. The van der Waals surface area contributed by atoms with Gasteiger partial charge in [-0.15, -0.1) is 11.3 Å². The highest BCUT2D eigenvalue weighted by atomic mass is 32.2. The molecule has 0 atom stereocenters. The first-order chi connectivity index (χ1) is 15.9. The Balaban J connectivity index is 1.36. The predicted octanol–water partition coefficient (Wildman–Crippen LogP) is 4.16. The van der Waals surface area contributed by atoms with E-state index in [1.807, 2.05) is 18.3 Å². The van der Waals surface area contributed by atoms with Crippen molar-refractivity contribution in [3.8, 4) is 11.1 Å². The molecule has 7 nitrogen and oxygen atoms in total. The molecule has 0 saturated carbocycles. The minimum atomic E-state index is -3.30. The number of morpholine rings is 1. The molecule has 1 aliphatic rings. The zero-order valence-electron chi connectivity index (χ0n) is 18.2. The molecule has 4 aromatic rings. The highest BCUT2D eigenvalue weighted by Crippen LogP contribution is 2.33. The van der Waals surface area contributed by atoms with Gasteiger partial charge in [-0.1, -0.05) is 24.3 Å². The fraction of sp³-hybridized carbons (Fsp3) is 0.250. The second kappa shape index (κ2) is 9.09. The smallest absolute Gasteiger partial charge is 0.229 e. The lowest BCUT2D eigenvalue weighted by molar-refractivity contribution is 0.122. The summed E-state index contributed by atoms with van der Waals surface area (Å²) >= 11 is 1.60. The van der Waals surface area contributed by atoms with Crippen LogP contribution in [0.3, 0.4) is 0 Å². The van der Waals surface area contributed by atoms with Crippen LogP contribution in [0.5, 0.6) is 0 Å². The Hall–Kier alpha value is -3.01. The maximum absolute atomic E-state index is 11.4. The largest absolute Gasteiger partial charge is 0.378 e. The normalized spacial score (nSPS) is 14.5. The number of hydrogen-bond acceptors (Lipinski definition) is 7. The highest BCUT2D eigenvalue weighted by molar-refractivity contribution is 7.92. The van der Waals surface area contributed by atoms with E-state index >= 15 is 0 Å². The van der Waals surface area contributed by atoms with Crippen molar-refractivity contribution in [1.29, 1.82) is 0 Å². The fourth-order valence-corrected chi connectivity index (χ4v) is 5.35. The van der Waals surface area contributed by atoms with E-state index < -0.39 is 10.0 Å². The van der Waals surface area contributed by atoms with E-state index in [0.717, 1.165) is 59.7 Å². The van der Waals surface area contributed by atoms with E-state index in [2.05, 4.69) is 44.3 Å². The Morgan fingerprint density at radius 2 is 1.79 bits per heavy atom. The monoisotopic (exact) mass is 480 g/mol. The van der Waals surface area contributed by atoms with E-state index in [1.165, 1.54) is 11.3 Å². The average molecular weight is 481 g/mol. The van der Waals surface area contributed by atoms with Gasteiger partial charge < -0.3 is 9.64 Å². The molecule has 1 fully saturated rings. The molecule has 0 bridgehead atoms. The third-order valence-corrected chi connectivity index (χ3v) is 7.05. The van der Waals surface area contributed by atoms with E-state index in [1.54, 1.807) is 23.5 Å². The minimum Gasteiger partial charge on any atom is -0.378 e. The Morgan fingerprint density at radius 1 is 1.06 bits per heavy atom. The molecule has 0 spiro atoms. The van der Waals surface area contributed by atoms with Gasteiger partial charge in [0.05, 0.1) is 29.7 Å². The Bertz CT molecular complexity index is 1360. The molecule has 0 unspecified atom stereocenters. The number of nitrogens with one attached hydrogen (secondary N) is 1. The number of benzene rings is 2. The quantitative estimate of drug-likeness (QED) is 0.446. The molecular weight excluding hydrogens is 456 g/mol. The van der Waals surface area contributed by atoms with Crippen LogP contribution in [-0.2, 0) is 21.2 Å². The number of anilines is 2. The van der Waals surface area contributed by atoms with E-state index in [9.17, 15) is 8.42 Å². The number of ether oxygens (including phenoxy) is 1. The van der Waals surface area contributed by atoms with Crippen LogP contribution in [0, 0.1) is 0 Å². The van der Waals surface area contributed by atoms with Crippen LogP contribution in [0.1, 0.15) is 11.4 Å². The number of aromatic nitrogens is 2. The van der Waals surface area contributed by atoms with Crippen molar-refractivity contribution < 1.29 is 13.2 Å². The molecule has 0 aliphatic carbocycles. The molecule has 1 saturated heterocycles. The number of fused-ring (bicyclic) bond motifs is 1. The molecule has 2 aromatic heterocycles. The van der Waals surface area contributed by atoms with Crippen molar-refractivity contribution in [2.24, 2.45) is 0 Å². The summed E-state index contributed by atoms with van der Waals surface area (Å²) < 4.78 is 31.8. The van der Waals surface area contributed by atoms with Crippen molar-refractivity contribution in [3.63, 3.8) is 0 Å². The highest BCUT2D eigenvalue weighted by Gasteiger charge is 2.13. The molecule has 0 radical (unpaired) electrons.